The highest BCUT2D eigenvalue weighted by atomic mass is 16.6. The Hall–Kier alpha value is -2.29. The molecule has 6 heteroatoms. The Labute approximate surface area is 117 Å². The van der Waals surface area contributed by atoms with Gasteiger partial charge in [-0.3, -0.25) is 14.9 Å². The molecule has 106 valence electrons. The number of carbonyl (C=O) groups excluding carboxylic acids is 1. The van der Waals surface area contributed by atoms with Crippen molar-refractivity contribution in [2.24, 2.45) is 0 Å². The maximum atomic E-state index is 12.5. The average molecular weight is 275 g/mol. The van der Waals surface area contributed by atoms with Crippen molar-refractivity contribution in [2.75, 3.05) is 13.1 Å². The Morgan fingerprint density at radius 3 is 2.85 bits per heavy atom. The van der Waals surface area contributed by atoms with Crippen molar-refractivity contribution in [2.45, 2.75) is 32.2 Å². The van der Waals surface area contributed by atoms with Gasteiger partial charge in [0, 0.05) is 18.7 Å². The molecule has 0 aromatic carbocycles. The highest BCUT2D eigenvalue weighted by Gasteiger charge is 2.31. The van der Waals surface area contributed by atoms with Gasteiger partial charge < -0.3 is 9.47 Å². The SMILES string of the molecule is C#CCN(CCC)C(=O)c1cc([N+](=O)[O-])cn1C1CC1. The first-order chi connectivity index (χ1) is 9.58. The van der Waals surface area contributed by atoms with E-state index in [0.29, 0.717) is 12.2 Å². The summed E-state index contributed by atoms with van der Waals surface area (Å²) in [7, 11) is 0. The standard InChI is InChI=1S/C14H17N3O3/c1-3-7-15(8-4-2)14(18)13-9-12(17(19)20)10-16(13)11-5-6-11/h1,9-11H,4-8H2,2H3. The number of nitro groups is 1. The van der Waals surface area contributed by atoms with Gasteiger partial charge in [0.25, 0.3) is 11.6 Å². The predicted molar refractivity (Wildman–Crippen MR) is 74.4 cm³/mol. The van der Waals surface area contributed by atoms with Gasteiger partial charge in [-0.05, 0) is 19.3 Å². The number of nitrogens with zero attached hydrogens (tertiary/aromatic N) is 3. The largest absolute Gasteiger partial charge is 0.334 e. The lowest BCUT2D eigenvalue weighted by molar-refractivity contribution is -0.384. The first-order valence-electron chi connectivity index (χ1n) is 6.67. The van der Waals surface area contributed by atoms with E-state index in [-0.39, 0.29) is 24.2 Å². The first-order valence-corrected chi connectivity index (χ1v) is 6.67. The molecule has 20 heavy (non-hydrogen) atoms. The lowest BCUT2D eigenvalue weighted by Gasteiger charge is -2.20. The van der Waals surface area contributed by atoms with Crippen LogP contribution in [-0.2, 0) is 0 Å². The fourth-order valence-electron chi connectivity index (χ4n) is 2.19. The molecule has 0 bridgehead atoms. The van der Waals surface area contributed by atoms with E-state index in [1.54, 1.807) is 9.47 Å². The molecule has 0 unspecified atom stereocenters. The fraction of sp³-hybridized carbons (Fsp3) is 0.500. The number of hydrogen-bond donors (Lipinski definition) is 0. The number of aromatic nitrogens is 1. The van der Waals surface area contributed by atoms with Crippen molar-refractivity contribution in [1.82, 2.24) is 9.47 Å². The van der Waals surface area contributed by atoms with Crippen molar-refractivity contribution in [1.29, 1.82) is 0 Å². The van der Waals surface area contributed by atoms with E-state index in [1.165, 1.54) is 12.3 Å². The smallest absolute Gasteiger partial charge is 0.287 e. The zero-order chi connectivity index (χ0) is 14.7. The normalized spacial score (nSPS) is 13.8. The van der Waals surface area contributed by atoms with E-state index >= 15 is 0 Å². The van der Waals surface area contributed by atoms with E-state index in [4.69, 9.17) is 6.42 Å². The molecule has 1 aromatic rings. The minimum Gasteiger partial charge on any atom is -0.334 e. The van der Waals surface area contributed by atoms with Crippen molar-refractivity contribution in [3.05, 3.63) is 28.1 Å². The number of hydrogen-bond acceptors (Lipinski definition) is 3. The fourth-order valence-corrected chi connectivity index (χ4v) is 2.19. The molecule has 0 radical (unpaired) electrons. The zero-order valence-electron chi connectivity index (χ0n) is 11.4. The van der Waals surface area contributed by atoms with Gasteiger partial charge in [0.2, 0.25) is 0 Å². The molecule has 1 fully saturated rings. The monoisotopic (exact) mass is 275 g/mol. The second-order valence-corrected chi connectivity index (χ2v) is 4.91. The van der Waals surface area contributed by atoms with E-state index in [9.17, 15) is 14.9 Å². The van der Waals surface area contributed by atoms with Crippen LogP contribution >= 0.6 is 0 Å². The molecule has 0 spiro atoms. The third-order valence-corrected chi connectivity index (χ3v) is 3.27. The zero-order valence-corrected chi connectivity index (χ0v) is 11.4. The molecular weight excluding hydrogens is 258 g/mol. The molecule has 1 saturated carbocycles. The van der Waals surface area contributed by atoms with Crippen LogP contribution in [0.25, 0.3) is 0 Å². The van der Waals surface area contributed by atoms with Crippen molar-refractivity contribution in [3.8, 4) is 12.3 Å². The third-order valence-electron chi connectivity index (χ3n) is 3.27. The number of rotatable bonds is 6. The molecule has 6 nitrogen and oxygen atoms in total. The Balaban J connectivity index is 2.32. The molecule has 0 aliphatic heterocycles. The summed E-state index contributed by atoms with van der Waals surface area (Å²) in [6.07, 6.45) is 9.43. The summed E-state index contributed by atoms with van der Waals surface area (Å²) in [5.41, 5.74) is 0.320. The average Bonchev–Trinajstić information content (AvgIpc) is 3.16. The van der Waals surface area contributed by atoms with Crippen LogP contribution in [0.2, 0.25) is 0 Å². The molecule has 0 N–H and O–H groups in total. The Morgan fingerprint density at radius 2 is 2.35 bits per heavy atom. The highest BCUT2D eigenvalue weighted by Crippen LogP contribution is 2.38. The van der Waals surface area contributed by atoms with Gasteiger partial charge in [0.15, 0.2) is 0 Å². The number of carbonyl (C=O) groups is 1. The molecule has 2 rings (SSSR count). The molecule has 1 aliphatic carbocycles. The van der Waals surface area contributed by atoms with Crippen LogP contribution in [0.4, 0.5) is 5.69 Å². The van der Waals surface area contributed by atoms with Gasteiger partial charge in [-0.2, -0.15) is 0 Å². The summed E-state index contributed by atoms with van der Waals surface area (Å²) in [4.78, 5) is 24.5. The minimum absolute atomic E-state index is 0.0441. The molecule has 1 aliphatic rings. The van der Waals surface area contributed by atoms with Crippen LogP contribution in [0, 0.1) is 22.5 Å². The van der Waals surface area contributed by atoms with E-state index in [1.807, 2.05) is 6.92 Å². The second-order valence-electron chi connectivity index (χ2n) is 4.91. The lowest BCUT2D eigenvalue weighted by atomic mass is 10.3. The Kier molecular flexibility index (Phi) is 4.08. The summed E-state index contributed by atoms with van der Waals surface area (Å²) in [6, 6.07) is 1.55. The quantitative estimate of drug-likeness (QED) is 0.454. The molecule has 1 amide bonds. The summed E-state index contributed by atoms with van der Waals surface area (Å²) >= 11 is 0. The predicted octanol–water partition coefficient (Wildman–Crippen LogP) is 2.22. The van der Waals surface area contributed by atoms with Crippen LogP contribution in [0.5, 0.6) is 0 Å². The van der Waals surface area contributed by atoms with Gasteiger partial charge in [0.1, 0.15) is 5.69 Å². The van der Waals surface area contributed by atoms with Gasteiger partial charge in [-0.25, -0.2) is 0 Å². The van der Waals surface area contributed by atoms with Crippen molar-refractivity contribution in [3.63, 3.8) is 0 Å². The molecule has 1 heterocycles. The van der Waals surface area contributed by atoms with Crippen LogP contribution < -0.4 is 0 Å². The van der Waals surface area contributed by atoms with Crippen molar-refractivity contribution < 1.29 is 9.72 Å². The van der Waals surface area contributed by atoms with Crippen LogP contribution in [0.1, 0.15) is 42.7 Å². The van der Waals surface area contributed by atoms with Gasteiger partial charge in [-0.15, -0.1) is 6.42 Å². The Morgan fingerprint density at radius 1 is 1.65 bits per heavy atom. The highest BCUT2D eigenvalue weighted by molar-refractivity contribution is 5.94. The van der Waals surface area contributed by atoms with Crippen LogP contribution in [0.3, 0.4) is 0 Å². The van der Waals surface area contributed by atoms with Crippen LogP contribution in [0.15, 0.2) is 12.3 Å². The molecule has 0 saturated heterocycles. The topological polar surface area (TPSA) is 68.4 Å². The maximum absolute atomic E-state index is 12.5. The third kappa shape index (κ3) is 2.82. The Bertz CT molecular complexity index is 567. The summed E-state index contributed by atoms with van der Waals surface area (Å²) in [6.45, 7) is 2.72. The van der Waals surface area contributed by atoms with Crippen LogP contribution in [-0.4, -0.2) is 33.4 Å². The lowest BCUT2D eigenvalue weighted by Crippen LogP contribution is -2.33. The minimum atomic E-state index is -0.471. The van der Waals surface area contributed by atoms with Gasteiger partial charge in [-0.1, -0.05) is 12.8 Å². The summed E-state index contributed by atoms with van der Waals surface area (Å²) in [5, 5.41) is 10.9. The summed E-state index contributed by atoms with van der Waals surface area (Å²) < 4.78 is 1.72. The van der Waals surface area contributed by atoms with E-state index in [0.717, 1.165) is 19.3 Å². The molecule has 1 aromatic heterocycles. The first kappa shape index (κ1) is 14.1. The summed E-state index contributed by atoms with van der Waals surface area (Å²) in [5.74, 6) is 2.23. The maximum Gasteiger partial charge on any atom is 0.287 e. The number of terminal acetylenes is 1. The van der Waals surface area contributed by atoms with Crippen molar-refractivity contribution >= 4 is 11.6 Å². The second kappa shape index (κ2) is 5.78. The molecular formula is C14H17N3O3. The molecule has 0 atom stereocenters. The van der Waals surface area contributed by atoms with Gasteiger partial charge in [0.05, 0.1) is 17.7 Å². The van der Waals surface area contributed by atoms with E-state index in [2.05, 4.69) is 5.92 Å². The van der Waals surface area contributed by atoms with Gasteiger partial charge >= 0.3 is 0 Å². The van der Waals surface area contributed by atoms with E-state index < -0.39 is 4.92 Å². The number of amides is 1.